The van der Waals surface area contributed by atoms with E-state index < -0.39 is 24.5 Å². The molecule has 1 aliphatic rings. The molecule has 3 N–H and O–H groups in total. The van der Waals surface area contributed by atoms with Gasteiger partial charge in [-0.1, -0.05) is 0 Å². The van der Waals surface area contributed by atoms with Crippen LogP contribution in [0.2, 0.25) is 5.28 Å². The van der Waals surface area contributed by atoms with Crippen molar-refractivity contribution in [2.45, 2.75) is 24.5 Å². The molecule has 0 unspecified atom stereocenters. The van der Waals surface area contributed by atoms with Crippen molar-refractivity contribution in [2.24, 2.45) is 0 Å². The van der Waals surface area contributed by atoms with Crippen molar-refractivity contribution in [1.29, 1.82) is 0 Å². The molecule has 10 heteroatoms. The Labute approximate surface area is 130 Å². The summed E-state index contributed by atoms with van der Waals surface area (Å²) < 4.78 is 6.88. The van der Waals surface area contributed by atoms with Gasteiger partial charge in [0.25, 0.3) is 0 Å². The van der Waals surface area contributed by atoms with Crippen LogP contribution in [0, 0.1) is 0 Å². The molecule has 3 heterocycles. The lowest BCUT2D eigenvalue weighted by molar-refractivity contribution is -0.210. The number of aliphatic hydroxyl groups is 3. The Morgan fingerprint density at radius 3 is 2.68 bits per heavy atom. The third-order valence-electron chi connectivity index (χ3n) is 3.55. The number of hydrogen-bond donors (Lipinski definition) is 3. The topological polar surface area (TPSA) is 117 Å². The highest BCUT2D eigenvalue weighted by Crippen LogP contribution is 2.29. The van der Waals surface area contributed by atoms with Crippen molar-refractivity contribution in [2.75, 3.05) is 25.6 Å². The normalized spacial score (nSPS) is 29.0. The Morgan fingerprint density at radius 1 is 1.27 bits per heavy atom. The van der Waals surface area contributed by atoms with Crippen LogP contribution in [0.3, 0.4) is 0 Å². The van der Waals surface area contributed by atoms with E-state index in [1.54, 1.807) is 19.0 Å². The Morgan fingerprint density at radius 2 is 2.00 bits per heavy atom. The van der Waals surface area contributed by atoms with Gasteiger partial charge in [0.15, 0.2) is 23.2 Å². The van der Waals surface area contributed by atoms with Crippen LogP contribution in [0.1, 0.15) is 6.23 Å². The summed E-state index contributed by atoms with van der Waals surface area (Å²) in [6.45, 7) is -0.109. The zero-order valence-corrected chi connectivity index (χ0v) is 12.7. The van der Waals surface area contributed by atoms with E-state index >= 15 is 0 Å². The van der Waals surface area contributed by atoms with Crippen LogP contribution < -0.4 is 4.90 Å². The van der Waals surface area contributed by atoms with E-state index in [4.69, 9.17) is 16.3 Å². The zero-order chi connectivity index (χ0) is 16.0. The molecule has 0 amide bonds. The lowest BCUT2D eigenvalue weighted by Gasteiger charge is -2.35. The van der Waals surface area contributed by atoms with E-state index in [2.05, 4.69) is 15.0 Å². The predicted octanol–water partition coefficient (Wildman–Crippen LogP) is -0.843. The van der Waals surface area contributed by atoms with Gasteiger partial charge < -0.3 is 25.0 Å². The first kappa shape index (κ1) is 15.4. The highest BCUT2D eigenvalue weighted by atomic mass is 35.5. The number of halogens is 1. The van der Waals surface area contributed by atoms with Crippen LogP contribution >= 0.6 is 11.6 Å². The molecular formula is C12H16ClN5O4. The monoisotopic (exact) mass is 329 g/mol. The van der Waals surface area contributed by atoms with Gasteiger partial charge in [0.2, 0.25) is 5.28 Å². The van der Waals surface area contributed by atoms with Gasteiger partial charge in [-0.3, -0.25) is 4.57 Å². The van der Waals surface area contributed by atoms with Crippen LogP contribution in [-0.4, -0.2) is 73.9 Å². The molecular weight excluding hydrogens is 314 g/mol. The molecule has 0 spiro atoms. The van der Waals surface area contributed by atoms with Crippen LogP contribution in [-0.2, 0) is 4.74 Å². The average Bonchev–Trinajstić information content (AvgIpc) is 2.87. The van der Waals surface area contributed by atoms with E-state index in [1.807, 2.05) is 0 Å². The first-order valence-corrected chi connectivity index (χ1v) is 7.01. The number of nitrogens with zero attached hydrogens (tertiary/aromatic N) is 5. The molecule has 0 bridgehead atoms. The second-order valence-electron chi connectivity index (χ2n) is 5.31. The first-order valence-electron chi connectivity index (χ1n) is 6.63. The number of aromatic nitrogens is 4. The van der Waals surface area contributed by atoms with Gasteiger partial charge in [-0.2, -0.15) is 9.97 Å². The average molecular weight is 330 g/mol. The Kier molecular flexibility index (Phi) is 3.91. The number of aliphatic hydroxyl groups excluding tert-OH is 3. The van der Waals surface area contributed by atoms with Gasteiger partial charge in [-0.25, -0.2) is 4.98 Å². The molecule has 9 nitrogen and oxygen atoms in total. The minimum absolute atomic E-state index is 0.0313. The summed E-state index contributed by atoms with van der Waals surface area (Å²) in [5, 5.41) is 29.5. The highest BCUT2D eigenvalue weighted by Gasteiger charge is 2.39. The van der Waals surface area contributed by atoms with Gasteiger partial charge in [-0.15, -0.1) is 0 Å². The summed E-state index contributed by atoms with van der Waals surface area (Å²) in [6.07, 6.45) is -3.28. The van der Waals surface area contributed by atoms with Crippen LogP contribution in [0.25, 0.3) is 11.2 Å². The molecule has 0 saturated carbocycles. The van der Waals surface area contributed by atoms with Crippen molar-refractivity contribution in [3.8, 4) is 0 Å². The lowest BCUT2D eigenvalue weighted by Crippen LogP contribution is -2.50. The number of imidazole rings is 1. The van der Waals surface area contributed by atoms with E-state index in [-0.39, 0.29) is 11.9 Å². The molecule has 120 valence electrons. The Bertz CT molecular complexity index is 693. The molecule has 22 heavy (non-hydrogen) atoms. The maximum absolute atomic E-state index is 10.1. The number of ether oxygens (including phenoxy) is 1. The van der Waals surface area contributed by atoms with Gasteiger partial charge >= 0.3 is 0 Å². The largest absolute Gasteiger partial charge is 0.388 e. The summed E-state index contributed by atoms with van der Waals surface area (Å²) in [6, 6.07) is 0. The summed E-state index contributed by atoms with van der Waals surface area (Å²) in [4.78, 5) is 14.2. The molecule has 2 aromatic rings. The van der Waals surface area contributed by atoms with Crippen LogP contribution in [0.5, 0.6) is 0 Å². The highest BCUT2D eigenvalue weighted by molar-refractivity contribution is 6.28. The molecule has 0 aromatic carbocycles. The van der Waals surface area contributed by atoms with Crippen molar-refractivity contribution < 1.29 is 20.1 Å². The Hall–Kier alpha value is -1.52. The molecule has 1 aliphatic heterocycles. The molecule has 4 atom stereocenters. The molecule has 0 radical (unpaired) electrons. The third kappa shape index (κ3) is 2.40. The zero-order valence-electron chi connectivity index (χ0n) is 12.0. The van der Waals surface area contributed by atoms with Gasteiger partial charge in [0.1, 0.15) is 18.3 Å². The Balaban J connectivity index is 2.09. The number of hydrogen-bond acceptors (Lipinski definition) is 8. The smallest absolute Gasteiger partial charge is 0.226 e. The fourth-order valence-electron chi connectivity index (χ4n) is 2.41. The summed E-state index contributed by atoms with van der Waals surface area (Å²) in [5.41, 5.74) is 0.863. The molecule has 2 aromatic heterocycles. The SMILES string of the molecule is CN(C)c1nc(Cl)nc2c1ncn2[C@H]1OC[C@@H](O)[C@@H](O)[C@H]1O. The fourth-order valence-corrected chi connectivity index (χ4v) is 2.57. The number of rotatable bonds is 2. The fraction of sp³-hybridized carbons (Fsp3) is 0.583. The van der Waals surface area contributed by atoms with Crippen molar-refractivity contribution in [1.82, 2.24) is 19.5 Å². The second kappa shape index (κ2) is 5.60. The third-order valence-corrected chi connectivity index (χ3v) is 3.72. The number of anilines is 1. The van der Waals surface area contributed by atoms with Gasteiger partial charge in [-0.05, 0) is 11.6 Å². The van der Waals surface area contributed by atoms with Gasteiger partial charge in [0, 0.05) is 14.1 Å². The minimum atomic E-state index is -1.32. The van der Waals surface area contributed by atoms with Crippen LogP contribution in [0.4, 0.5) is 5.82 Å². The molecule has 1 fully saturated rings. The predicted molar refractivity (Wildman–Crippen MR) is 77.7 cm³/mol. The standard InChI is InChI=1S/C12H16ClN5O4/c1-17(2)9-6-10(16-12(13)15-9)18(4-14-6)11-8(21)7(20)5(19)3-22-11/h4-5,7-8,11,19-21H,3H2,1-2H3/t5-,7-,8-,11+/m1/s1. The van der Waals surface area contributed by atoms with E-state index in [9.17, 15) is 15.3 Å². The summed E-state index contributed by atoms with van der Waals surface area (Å²) in [7, 11) is 3.59. The second-order valence-corrected chi connectivity index (χ2v) is 5.65. The maximum Gasteiger partial charge on any atom is 0.226 e. The first-order chi connectivity index (χ1) is 10.4. The molecule has 1 saturated heterocycles. The maximum atomic E-state index is 10.1. The minimum Gasteiger partial charge on any atom is -0.388 e. The van der Waals surface area contributed by atoms with Crippen LogP contribution in [0.15, 0.2) is 6.33 Å². The quantitative estimate of drug-likeness (QED) is 0.610. The van der Waals surface area contributed by atoms with Gasteiger partial charge in [0.05, 0.1) is 12.9 Å². The van der Waals surface area contributed by atoms with E-state index in [0.717, 1.165) is 0 Å². The van der Waals surface area contributed by atoms with Crippen molar-refractivity contribution in [3.05, 3.63) is 11.6 Å². The molecule has 0 aliphatic carbocycles. The number of fused-ring (bicyclic) bond motifs is 1. The lowest BCUT2D eigenvalue weighted by atomic mass is 10.0. The van der Waals surface area contributed by atoms with Crippen molar-refractivity contribution >= 4 is 28.6 Å². The van der Waals surface area contributed by atoms with Crippen molar-refractivity contribution in [3.63, 3.8) is 0 Å². The summed E-state index contributed by atoms with van der Waals surface area (Å²) in [5.74, 6) is 0.527. The van der Waals surface area contributed by atoms with E-state index in [1.165, 1.54) is 10.9 Å². The molecule has 3 rings (SSSR count). The summed E-state index contributed by atoms with van der Waals surface area (Å²) >= 11 is 5.94. The van der Waals surface area contributed by atoms with E-state index in [0.29, 0.717) is 17.0 Å².